The van der Waals surface area contributed by atoms with Gasteiger partial charge in [-0.2, -0.15) is 5.10 Å². The summed E-state index contributed by atoms with van der Waals surface area (Å²) in [4.78, 5) is 18.5. The second-order valence-electron chi connectivity index (χ2n) is 5.71. The molecule has 0 bridgehead atoms. The molecule has 2 aromatic heterocycles. The summed E-state index contributed by atoms with van der Waals surface area (Å²) < 4.78 is 1.83. The van der Waals surface area contributed by atoms with E-state index in [-0.39, 0.29) is 18.1 Å². The fraction of sp³-hybridized carbons (Fsp3) is 0.438. The lowest BCUT2D eigenvalue weighted by atomic mass is 10.1. The summed E-state index contributed by atoms with van der Waals surface area (Å²) in [6, 6.07) is 6.05. The smallest absolute Gasteiger partial charge is 0.318 e. The van der Waals surface area contributed by atoms with Gasteiger partial charge in [0.1, 0.15) is 0 Å². The SMILES string of the molecule is C[C@H](Cn1cccn1)NC(=O)N1CCC[C@H]1c1ccncc1. The van der Waals surface area contributed by atoms with E-state index in [9.17, 15) is 4.79 Å². The van der Waals surface area contributed by atoms with Crippen LogP contribution in [-0.4, -0.2) is 38.3 Å². The summed E-state index contributed by atoms with van der Waals surface area (Å²) in [6.45, 7) is 3.47. The summed E-state index contributed by atoms with van der Waals surface area (Å²) >= 11 is 0. The number of pyridine rings is 1. The standard InChI is InChI=1S/C16H21N5O/c1-13(12-20-10-3-7-18-20)19-16(22)21-11-2-4-15(21)14-5-8-17-9-6-14/h3,5-10,13,15H,2,4,11-12H2,1H3,(H,19,22)/t13-,15+/m1/s1. The van der Waals surface area contributed by atoms with Gasteiger partial charge in [0, 0.05) is 37.4 Å². The first-order valence-corrected chi connectivity index (χ1v) is 7.68. The molecule has 0 aromatic carbocycles. The van der Waals surface area contributed by atoms with Crippen LogP contribution in [0.25, 0.3) is 0 Å². The molecule has 6 nitrogen and oxygen atoms in total. The number of aromatic nitrogens is 3. The first-order valence-electron chi connectivity index (χ1n) is 7.68. The highest BCUT2D eigenvalue weighted by atomic mass is 16.2. The summed E-state index contributed by atoms with van der Waals surface area (Å²) in [7, 11) is 0. The van der Waals surface area contributed by atoms with E-state index < -0.39 is 0 Å². The first kappa shape index (κ1) is 14.6. The van der Waals surface area contributed by atoms with E-state index in [0.29, 0.717) is 6.54 Å². The molecule has 1 aliphatic rings. The Morgan fingerprint density at radius 2 is 2.23 bits per heavy atom. The van der Waals surface area contributed by atoms with Gasteiger partial charge in [-0.05, 0) is 43.5 Å². The van der Waals surface area contributed by atoms with Gasteiger partial charge in [-0.1, -0.05) is 0 Å². The van der Waals surface area contributed by atoms with Crippen molar-refractivity contribution in [1.29, 1.82) is 0 Å². The molecule has 0 radical (unpaired) electrons. The van der Waals surface area contributed by atoms with Crippen molar-refractivity contribution in [2.24, 2.45) is 0 Å². The molecule has 0 saturated carbocycles. The summed E-state index contributed by atoms with van der Waals surface area (Å²) in [5.41, 5.74) is 1.15. The molecule has 3 heterocycles. The lowest BCUT2D eigenvalue weighted by Gasteiger charge is -2.27. The minimum Gasteiger partial charge on any atom is -0.334 e. The maximum atomic E-state index is 12.5. The number of rotatable bonds is 4. The number of nitrogens with zero attached hydrogens (tertiary/aromatic N) is 4. The van der Waals surface area contributed by atoms with Crippen molar-refractivity contribution < 1.29 is 4.79 Å². The van der Waals surface area contributed by atoms with Crippen molar-refractivity contribution in [2.45, 2.75) is 38.4 Å². The Morgan fingerprint density at radius 1 is 1.41 bits per heavy atom. The van der Waals surface area contributed by atoms with E-state index in [1.54, 1.807) is 18.6 Å². The molecular formula is C16H21N5O. The molecule has 2 amide bonds. The third-order valence-electron chi connectivity index (χ3n) is 3.99. The van der Waals surface area contributed by atoms with Crippen molar-refractivity contribution >= 4 is 6.03 Å². The fourth-order valence-corrected chi connectivity index (χ4v) is 2.97. The van der Waals surface area contributed by atoms with Gasteiger partial charge in [0.25, 0.3) is 0 Å². The molecule has 116 valence electrons. The maximum absolute atomic E-state index is 12.5. The van der Waals surface area contributed by atoms with Gasteiger partial charge < -0.3 is 10.2 Å². The maximum Gasteiger partial charge on any atom is 0.318 e. The zero-order valence-electron chi connectivity index (χ0n) is 12.7. The fourth-order valence-electron chi connectivity index (χ4n) is 2.97. The molecule has 6 heteroatoms. The van der Waals surface area contributed by atoms with Gasteiger partial charge in [0.2, 0.25) is 0 Å². The summed E-state index contributed by atoms with van der Waals surface area (Å²) in [6.07, 6.45) is 9.25. The van der Waals surface area contributed by atoms with Crippen LogP contribution in [0, 0.1) is 0 Å². The normalized spacial score (nSPS) is 19.1. The van der Waals surface area contributed by atoms with E-state index in [1.165, 1.54) is 0 Å². The molecule has 2 atom stereocenters. The minimum atomic E-state index is -0.000955. The van der Waals surface area contributed by atoms with E-state index in [2.05, 4.69) is 15.4 Å². The van der Waals surface area contributed by atoms with Crippen molar-refractivity contribution in [2.75, 3.05) is 6.54 Å². The summed E-state index contributed by atoms with van der Waals surface area (Å²) in [5.74, 6) is 0. The zero-order chi connectivity index (χ0) is 15.4. The van der Waals surface area contributed by atoms with Gasteiger partial charge in [-0.25, -0.2) is 4.79 Å². The van der Waals surface area contributed by atoms with Gasteiger partial charge >= 0.3 is 6.03 Å². The van der Waals surface area contributed by atoms with E-state index in [4.69, 9.17) is 0 Å². The van der Waals surface area contributed by atoms with Crippen LogP contribution in [0.15, 0.2) is 43.0 Å². The average Bonchev–Trinajstić information content (AvgIpc) is 3.18. The number of amides is 2. The third kappa shape index (κ3) is 3.27. The molecule has 22 heavy (non-hydrogen) atoms. The lowest BCUT2D eigenvalue weighted by Crippen LogP contribution is -2.44. The van der Waals surface area contributed by atoms with Crippen LogP contribution >= 0.6 is 0 Å². The van der Waals surface area contributed by atoms with Crippen LogP contribution in [0.3, 0.4) is 0 Å². The highest BCUT2D eigenvalue weighted by molar-refractivity contribution is 5.75. The molecule has 1 fully saturated rings. The van der Waals surface area contributed by atoms with Crippen LogP contribution in [0.4, 0.5) is 4.79 Å². The third-order valence-corrected chi connectivity index (χ3v) is 3.99. The molecule has 2 aromatic rings. The summed E-state index contributed by atoms with van der Waals surface area (Å²) in [5, 5.41) is 7.24. The Labute approximate surface area is 130 Å². The molecule has 0 spiro atoms. The highest BCUT2D eigenvalue weighted by Crippen LogP contribution is 2.31. The second-order valence-corrected chi connectivity index (χ2v) is 5.71. The molecule has 1 aliphatic heterocycles. The average molecular weight is 299 g/mol. The number of carbonyl (C=O) groups is 1. The molecule has 3 rings (SSSR count). The first-order chi connectivity index (χ1) is 10.7. The molecule has 1 N–H and O–H groups in total. The topological polar surface area (TPSA) is 63.1 Å². The largest absolute Gasteiger partial charge is 0.334 e. The lowest BCUT2D eigenvalue weighted by molar-refractivity contribution is 0.188. The Bertz CT molecular complexity index is 598. The minimum absolute atomic E-state index is 0.000955. The van der Waals surface area contributed by atoms with Crippen LogP contribution in [0.2, 0.25) is 0 Å². The van der Waals surface area contributed by atoms with Crippen molar-refractivity contribution in [1.82, 2.24) is 25.0 Å². The van der Waals surface area contributed by atoms with E-state index in [0.717, 1.165) is 24.9 Å². The number of urea groups is 1. The Balaban J connectivity index is 1.61. The highest BCUT2D eigenvalue weighted by Gasteiger charge is 2.30. The molecule has 0 unspecified atom stereocenters. The van der Waals surface area contributed by atoms with Gasteiger partial charge in [0.15, 0.2) is 0 Å². The van der Waals surface area contributed by atoms with Crippen LogP contribution < -0.4 is 5.32 Å². The van der Waals surface area contributed by atoms with Gasteiger partial charge in [0.05, 0.1) is 12.6 Å². The number of likely N-dealkylation sites (tertiary alicyclic amines) is 1. The van der Waals surface area contributed by atoms with Gasteiger partial charge in [-0.15, -0.1) is 0 Å². The molecule has 0 aliphatic carbocycles. The van der Waals surface area contributed by atoms with Crippen molar-refractivity contribution in [3.05, 3.63) is 48.5 Å². The zero-order valence-corrected chi connectivity index (χ0v) is 12.7. The predicted molar refractivity (Wildman–Crippen MR) is 83.1 cm³/mol. The van der Waals surface area contributed by atoms with Crippen molar-refractivity contribution in [3.8, 4) is 0 Å². The molecule has 1 saturated heterocycles. The number of hydrogen-bond acceptors (Lipinski definition) is 3. The Hall–Kier alpha value is -2.37. The van der Waals surface area contributed by atoms with Crippen LogP contribution in [0.5, 0.6) is 0 Å². The number of nitrogens with one attached hydrogen (secondary N) is 1. The second kappa shape index (κ2) is 6.60. The molecular weight excluding hydrogens is 278 g/mol. The number of hydrogen-bond donors (Lipinski definition) is 1. The van der Waals surface area contributed by atoms with Crippen LogP contribution in [-0.2, 0) is 6.54 Å². The van der Waals surface area contributed by atoms with Crippen LogP contribution in [0.1, 0.15) is 31.4 Å². The quantitative estimate of drug-likeness (QED) is 0.941. The Kier molecular flexibility index (Phi) is 4.37. The Morgan fingerprint density at radius 3 is 2.95 bits per heavy atom. The monoisotopic (exact) mass is 299 g/mol. The predicted octanol–water partition coefficient (Wildman–Crippen LogP) is 2.21. The van der Waals surface area contributed by atoms with Gasteiger partial charge in [-0.3, -0.25) is 9.67 Å². The van der Waals surface area contributed by atoms with E-state index >= 15 is 0 Å². The van der Waals surface area contributed by atoms with Crippen molar-refractivity contribution in [3.63, 3.8) is 0 Å². The van der Waals surface area contributed by atoms with E-state index in [1.807, 2.05) is 40.9 Å². The number of carbonyl (C=O) groups excluding carboxylic acids is 1.